The van der Waals surface area contributed by atoms with Crippen molar-refractivity contribution in [3.8, 4) is 0 Å². The van der Waals surface area contributed by atoms with Crippen LogP contribution in [0.5, 0.6) is 0 Å². The van der Waals surface area contributed by atoms with Gasteiger partial charge >= 0.3 is 0 Å². The summed E-state index contributed by atoms with van der Waals surface area (Å²) in [4.78, 5) is 2.24. The predicted octanol–water partition coefficient (Wildman–Crippen LogP) is 0.998. The van der Waals surface area contributed by atoms with Gasteiger partial charge in [0.15, 0.2) is 11.5 Å². The van der Waals surface area contributed by atoms with Crippen molar-refractivity contribution < 1.29 is 13.5 Å². The van der Waals surface area contributed by atoms with E-state index in [1.165, 1.54) is 10.6 Å². The highest BCUT2D eigenvalue weighted by atomic mass is 32.2. The van der Waals surface area contributed by atoms with Crippen molar-refractivity contribution in [2.45, 2.75) is 57.0 Å². The van der Waals surface area contributed by atoms with Gasteiger partial charge in [-0.25, -0.2) is 8.42 Å². The summed E-state index contributed by atoms with van der Waals surface area (Å²) in [6.45, 7) is 9.16. The third-order valence-corrected chi connectivity index (χ3v) is 7.54. The Labute approximate surface area is 178 Å². The summed E-state index contributed by atoms with van der Waals surface area (Å²) >= 11 is 0. The van der Waals surface area contributed by atoms with E-state index in [4.69, 9.17) is 5.10 Å². The monoisotopic (exact) mass is 436 g/mol. The number of aromatic nitrogens is 4. The number of piperidine rings is 1. The summed E-state index contributed by atoms with van der Waals surface area (Å²) in [5.41, 5.74) is 0.755. The van der Waals surface area contributed by atoms with Crippen LogP contribution in [0.3, 0.4) is 0 Å². The Balaban J connectivity index is 1.42. The lowest BCUT2D eigenvalue weighted by atomic mass is 9.92. The van der Waals surface area contributed by atoms with Crippen LogP contribution in [0.15, 0.2) is 12.1 Å². The van der Waals surface area contributed by atoms with E-state index in [1.807, 2.05) is 16.6 Å². The predicted molar refractivity (Wildman–Crippen MR) is 114 cm³/mol. The normalized spacial score (nSPS) is 25.4. The molecular weight excluding hydrogens is 404 g/mol. The fourth-order valence-corrected chi connectivity index (χ4v) is 5.35. The minimum absolute atomic E-state index is 0.0460. The zero-order valence-electron chi connectivity index (χ0n) is 18.2. The van der Waals surface area contributed by atoms with Gasteiger partial charge in [-0.2, -0.15) is 13.9 Å². The van der Waals surface area contributed by atoms with Crippen LogP contribution in [0, 0.1) is 0 Å². The van der Waals surface area contributed by atoms with Gasteiger partial charge in [0.05, 0.1) is 17.6 Å². The molecule has 166 valence electrons. The van der Waals surface area contributed by atoms with Crippen molar-refractivity contribution in [2.75, 3.05) is 39.0 Å². The van der Waals surface area contributed by atoms with E-state index in [9.17, 15) is 13.5 Å². The molecule has 9 nitrogen and oxygen atoms in total. The van der Waals surface area contributed by atoms with Crippen LogP contribution in [0.1, 0.15) is 57.5 Å². The van der Waals surface area contributed by atoms with Crippen molar-refractivity contribution in [2.24, 2.45) is 0 Å². The second kappa shape index (κ2) is 7.51. The fraction of sp³-hybridized carbons (Fsp3) is 0.750. The van der Waals surface area contributed by atoms with Crippen LogP contribution < -0.4 is 0 Å². The summed E-state index contributed by atoms with van der Waals surface area (Å²) in [7, 11) is -3.26. The first-order valence-electron chi connectivity index (χ1n) is 10.6. The highest BCUT2D eigenvalue weighted by Gasteiger charge is 2.41. The van der Waals surface area contributed by atoms with E-state index in [1.54, 1.807) is 0 Å². The van der Waals surface area contributed by atoms with Crippen molar-refractivity contribution in [1.82, 2.24) is 29.0 Å². The fourth-order valence-electron chi connectivity index (χ4n) is 4.46. The first-order valence-corrected chi connectivity index (χ1v) is 12.4. The van der Waals surface area contributed by atoms with E-state index in [-0.39, 0.29) is 17.9 Å². The Hall–Kier alpha value is -1.62. The minimum atomic E-state index is -3.26. The molecule has 2 aromatic heterocycles. The molecular formula is C20H32N6O3S. The van der Waals surface area contributed by atoms with Gasteiger partial charge in [-0.05, 0) is 44.5 Å². The lowest BCUT2D eigenvalue weighted by Crippen LogP contribution is -2.48. The Morgan fingerprint density at radius 3 is 2.47 bits per heavy atom. The van der Waals surface area contributed by atoms with Gasteiger partial charge in [0, 0.05) is 31.0 Å². The lowest BCUT2D eigenvalue weighted by Gasteiger charge is -2.36. The molecule has 0 radical (unpaired) electrons. The molecule has 10 heteroatoms. The molecule has 0 bridgehead atoms. The third-order valence-electron chi connectivity index (χ3n) is 6.29. The summed E-state index contributed by atoms with van der Waals surface area (Å²) in [6.07, 6.45) is 3.50. The van der Waals surface area contributed by atoms with Gasteiger partial charge in [0.2, 0.25) is 10.0 Å². The average molecular weight is 437 g/mol. The number of hydrogen-bond donors (Lipinski definition) is 1. The molecule has 2 saturated heterocycles. The highest BCUT2D eigenvalue weighted by Crippen LogP contribution is 2.30. The van der Waals surface area contributed by atoms with Gasteiger partial charge in [0.25, 0.3) is 0 Å². The maximum absolute atomic E-state index is 11.8. The Bertz CT molecular complexity index is 1020. The van der Waals surface area contributed by atoms with E-state index in [2.05, 4.69) is 35.9 Å². The van der Waals surface area contributed by atoms with Gasteiger partial charge in [-0.15, -0.1) is 10.2 Å². The molecule has 0 aromatic carbocycles. The van der Waals surface area contributed by atoms with E-state index in [0.717, 1.165) is 43.1 Å². The zero-order chi connectivity index (χ0) is 21.7. The number of hydrogen-bond acceptors (Lipinski definition) is 7. The number of β-amino-alcohol motifs (C(OH)–C–C–N with tert-alkyl or cyclic N) is 1. The number of likely N-dealkylation sites (tertiary alicyclic amines) is 1. The van der Waals surface area contributed by atoms with Crippen LogP contribution in [0.2, 0.25) is 0 Å². The topological polar surface area (TPSA) is 104 Å². The van der Waals surface area contributed by atoms with Crippen LogP contribution in [0.25, 0.3) is 5.65 Å². The molecule has 1 N–H and O–H groups in total. The maximum atomic E-state index is 11.8. The van der Waals surface area contributed by atoms with E-state index >= 15 is 0 Å². The average Bonchev–Trinajstić information content (AvgIpc) is 3.25. The second-order valence-corrected chi connectivity index (χ2v) is 11.9. The van der Waals surface area contributed by atoms with Crippen molar-refractivity contribution >= 4 is 15.7 Å². The summed E-state index contributed by atoms with van der Waals surface area (Å²) in [5.74, 6) is 1.17. The molecule has 0 amide bonds. The Kier molecular flexibility index (Phi) is 5.41. The van der Waals surface area contributed by atoms with Crippen LogP contribution in [-0.2, 0) is 15.4 Å². The summed E-state index contributed by atoms with van der Waals surface area (Å²) in [5, 5.41) is 24.4. The Morgan fingerprint density at radius 1 is 1.17 bits per heavy atom. The van der Waals surface area contributed by atoms with Crippen molar-refractivity contribution in [3.63, 3.8) is 0 Å². The first-order chi connectivity index (χ1) is 13.9. The SMILES string of the molecule is CC(C)(C)c1ccc2nnc(C3CCN(CC4(O)CCN(S(C)(=O)=O)C4)CC3)n2n1. The summed E-state index contributed by atoms with van der Waals surface area (Å²) in [6, 6.07) is 3.99. The lowest BCUT2D eigenvalue weighted by molar-refractivity contribution is 0.00960. The number of aliphatic hydroxyl groups is 1. The van der Waals surface area contributed by atoms with Crippen molar-refractivity contribution in [3.05, 3.63) is 23.7 Å². The molecule has 1 atom stereocenters. The van der Waals surface area contributed by atoms with Crippen LogP contribution in [-0.4, -0.2) is 87.1 Å². The summed E-state index contributed by atoms with van der Waals surface area (Å²) < 4.78 is 26.8. The van der Waals surface area contributed by atoms with E-state index in [0.29, 0.717) is 19.5 Å². The largest absolute Gasteiger partial charge is 0.387 e. The third kappa shape index (κ3) is 4.37. The van der Waals surface area contributed by atoms with Gasteiger partial charge < -0.3 is 10.0 Å². The number of sulfonamides is 1. The second-order valence-electron chi connectivity index (χ2n) is 9.92. The molecule has 2 aliphatic rings. The standard InChI is InChI=1S/C20H32N6O3S/c1-19(2,3)16-5-6-17-21-22-18(26(17)23-16)15-7-10-24(11-8-15)13-20(27)9-12-25(14-20)30(4,28)29/h5-6,15,27H,7-14H2,1-4H3. The zero-order valence-corrected chi connectivity index (χ0v) is 19.1. The van der Waals surface area contributed by atoms with Crippen molar-refractivity contribution in [1.29, 1.82) is 0 Å². The first kappa shape index (κ1) is 21.6. The highest BCUT2D eigenvalue weighted by molar-refractivity contribution is 7.88. The molecule has 0 aliphatic carbocycles. The van der Waals surface area contributed by atoms with Gasteiger partial charge in [-0.1, -0.05) is 20.8 Å². The maximum Gasteiger partial charge on any atom is 0.211 e. The smallest absolute Gasteiger partial charge is 0.211 e. The van der Waals surface area contributed by atoms with Crippen LogP contribution >= 0.6 is 0 Å². The minimum Gasteiger partial charge on any atom is -0.387 e. The molecule has 2 fully saturated rings. The molecule has 2 aromatic rings. The number of nitrogens with zero attached hydrogens (tertiary/aromatic N) is 6. The Morgan fingerprint density at radius 2 is 1.87 bits per heavy atom. The number of rotatable bonds is 4. The molecule has 4 heterocycles. The van der Waals surface area contributed by atoms with E-state index < -0.39 is 15.6 Å². The molecule has 4 rings (SSSR count). The molecule has 30 heavy (non-hydrogen) atoms. The number of fused-ring (bicyclic) bond motifs is 1. The van der Waals surface area contributed by atoms with Gasteiger partial charge in [-0.3, -0.25) is 0 Å². The quantitative estimate of drug-likeness (QED) is 0.762. The molecule has 1 unspecified atom stereocenters. The molecule has 0 saturated carbocycles. The van der Waals surface area contributed by atoms with Crippen LogP contribution in [0.4, 0.5) is 0 Å². The van der Waals surface area contributed by atoms with Gasteiger partial charge in [0.1, 0.15) is 0 Å². The molecule has 0 spiro atoms. The molecule has 2 aliphatic heterocycles.